The quantitative estimate of drug-likeness (QED) is 0.705. The molecule has 0 aliphatic rings. The molecule has 5 heteroatoms. The van der Waals surface area contributed by atoms with Crippen LogP contribution in [0.5, 0.6) is 0 Å². The number of carbonyl (C=O) groups is 1. The lowest BCUT2D eigenvalue weighted by molar-refractivity contribution is 0.111. The summed E-state index contributed by atoms with van der Waals surface area (Å²) >= 11 is 5.67. The van der Waals surface area contributed by atoms with E-state index in [2.05, 4.69) is 10.1 Å². The summed E-state index contributed by atoms with van der Waals surface area (Å²) in [5.74, 6) is 0. The van der Waals surface area contributed by atoms with Gasteiger partial charge in [0.2, 0.25) is 0 Å². The summed E-state index contributed by atoms with van der Waals surface area (Å²) in [6.45, 7) is 0. The number of nitrogens with zero attached hydrogens (tertiary/aromatic N) is 3. The molecule has 2 heterocycles. The second-order valence-corrected chi connectivity index (χ2v) is 3.03. The van der Waals surface area contributed by atoms with E-state index in [0.717, 1.165) is 5.69 Å². The molecule has 70 valence electrons. The molecule has 0 fully saturated rings. The van der Waals surface area contributed by atoms with Crippen LogP contribution in [0, 0.1) is 0 Å². The maximum atomic E-state index is 10.5. The Morgan fingerprint density at radius 3 is 2.93 bits per heavy atom. The van der Waals surface area contributed by atoms with Crippen molar-refractivity contribution in [3.63, 3.8) is 0 Å². The molecule has 0 N–H and O–H groups in total. The Bertz CT molecular complexity index is 467. The number of pyridine rings is 1. The first kappa shape index (κ1) is 8.90. The molecule has 2 aromatic heterocycles. The fourth-order valence-electron chi connectivity index (χ4n) is 1.09. The van der Waals surface area contributed by atoms with Crippen molar-refractivity contribution in [3.05, 3.63) is 41.4 Å². The molecule has 0 amide bonds. The highest BCUT2D eigenvalue weighted by molar-refractivity contribution is 6.29. The van der Waals surface area contributed by atoms with E-state index in [-0.39, 0.29) is 0 Å². The molecule has 0 bridgehead atoms. The molecular formula is C9H6ClN3O. The van der Waals surface area contributed by atoms with Crippen LogP contribution in [0.3, 0.4) is 0 Å². The Balaban J connectivity index is 2.46. The predicted molar refractivity (Wildman–Crippen MR) is 51.8 cm³/mol. The Hall–Kier alpha value is -1.68. The van der Waals surface area contributed by atoms with E-state index in [4.69, 9.17) is 11.6 Å². The standard InChI is InChI=1S/C9H6ClN3O/c10-9-2-4-13(12-9)8-1-3-11-7(5-8)6-14/h1-6H. The first-order valence-corrected chi connectivity index (χ1v) is 4.30. The van der Waals surface area contributed by atoms with Gasteiger partial charge in [0, 0.05) is 12.4 Å². The Labute approximate surface area is 85.1 Å². The molecular weight excluding hydrogens is 202 g/mol. The van der Waals surface area contributed by atoms with Crippen molar-refractivity contribution >= 4 is 17.9 Å². The summed E-state index contributed by atoms with van der Waals surface area (Å²) in [5, 5.41) is 4.41. The van der Waals surface area contributed by atoms with Crippen molar-refractivity contribution in [3.8, 4) is 5.69 Å². The average Bonchev–Trinajstić information content (AvgIpc) is 2.65. The predicted octanol–water partition coefficient (Wildman–Crippen LogP) is 1.73. The van der Waals surface area contributed by atoms with Crippen LogP contribution in [-0.2, 0) is 0 Å². The maximum absolute atomic E-state index is 10.5. The minimum atomic E-state index is 0.370. The molecule has 2 rings (SSSR count). The molecule has 2 aromatic rings. The fraction of sp³-hybridized carbons (Fsp3) is 0. The van der Waals surface area contributed by atoms with Crippen LogP contribution >= 0.6 is 11.6 Å². The molecule has 0 saturated heterocycles. The van der Waals surface area contributed by atoms with Crippen LogP contribution < -0.4 is 0 Å². The normalized spacial score (nSPS) is 10.1. The summed E-state index contributed by atoms with van der Waals surface area (Å²) in [4.78, 5) is 14.3. The second-order valence-electron chi connectivity index (χ2n) is 2.64. The lowest BCUT2D eigenvalue weighted by Gasteiger charge is -1.99. The lowest BCUT2D eigenvalue weighted by atomic mass is 10.3. The van der Waals surface area contributed by atoms with Crippen molar-refractivity contribution in [2.75, 3.05) is 0 Å². The van der Waals surface area contributed by atoms with Crippen LogP contribution in [0.25, 0.3) is 5.69 Å². The molecule has 0 spiro atoms. The number of aromatic nitrogens is 3. The number of aldehydes is 1. The first-order valence-electron chi connectivity index (χ1n) is 3.92. The molecule has 0 atom stereocenters. The van der Waals surface area contributed by atoms with E-state index >= 15 is 0 Å². The summed E-state index contributed by atoms with van der Waals surface area (Å²) < 4.78 is 1.58. The lowest BCUT2D eigenvalue weighted by Crippen LogP contribution is -1.96. The summed E-state index contributed by atoms with van der Waals surface area (Å²) in [5.41, 5.74) is 1.13. The third-order valence-corrected chi connectivity index (χ3v) is 1.91. The van der Waals surface area contributed by atoms with E-state index in [1.54, 1.807) is 35.3 Å². The minimum Gasteiger partial charge on any atom is -0.296 e. The van der Waals surface area contributed by atoms with E-state index in [1.165, 1.54) is 0 Å². The van der Waals surface area contributed by atoms with Gasteiger partial charge in [0.25, 0.3) is 0 Å². The van der Waals surface area contributed by atoms with E-state index in [9.17, 15) is 4.79 Å². The SMILES string of the molecule is O=Cc1cc(-n2ccc(Cl)n2)ccn1. The number of hydrogen-bond donors (Lipinski definition) is 0. The van der Waals surface area contributed by atoms with Crippen LogP contribution in [0.15, 0.2) is 30.6 Å². The van der Waals surface area contributed by atoms with Gasteiger partial charge in [-0.25, -0.2) is 4.68 Å². The Morgan fingerprint density at radius 1 is 1.43 bits per heavy atom. The molecule has 0 aromatic carbocycles. The van der Waals surface area contributed by atoms with E-state index in [0.29, 0.717) is 17.1 Å². The van der Waals surface area contributed by atoms with Gasteiger partial charge in [0.05, 0.1) is 5.69 Å². The van der Waals surface area contributed by atoms with Gasteiger partial charge in [-0.15, -0.1) is 0 Å². The van der Waals surface area contributed by atoms with Gasteiger partial charge >= 0.3 is 0 Å². The second kappa shape index (κ2) is 3.59. The van der Waals surface area contributed by atoms with Crippen LogP contribution in [0.4, 0.5) is 0 Å². The van der Waals surface area contributed by atoms with E-state index < -0.39 is 0 Å². The van der Waals surface area contributed by atoms with E-state index in [1.807, 2.05) is 0 Å². The monoisotopic (exact) mass is 207 g/mol. The van der Waals surface area contributed by atoms with Crippen molar-refractivity contribution in [2.45, 2.75) is 0 Å². The molecule has 14 heavy (non-hydrogen) atoms. The molecule has 0 aliphatic heterocycles. The third-order valence-electron chi connectivity index (χ3n) is 1.71. The fourth-order valence-corrected chi connectivity index (χ4v) is 1.23. The maximum Gasteiger partial charge on any atom is 0.168 e. The number of halogens is 1. The summed E-state index contributed by atoms with van der Waals surface area (Å²) in [6, 6.07) is 5.05. The number of carbonyl (C=O) groups excluding carboxylic acids is 1. The summed E-state index contributed by atoms with van der Waals surface area (Å²) in [7, 11) is 0. The molecule has 0 saturated carbocycles. The third kappa shape index (κ3) is 1.65. The topological polar surface area (TPSA) is 47.8 Å². The first-order chi connectivity index (χ1) is 6.79. The summed E-state index contributed by atoms with van der Waals surface area (Å²) in [6.07, 6.45) is 3.95. The van der Waals surface area contributed by atoms with Gasteiger partial charge < -0.3 is 0 Å². The number of rotatable bonds is 2. The average molecular weight is 208 g/mol. The highest BCUT2D eigenvalue weighted by Crippen LogP contribution is 2.10. The van der Waals surface area contributed by atoms with Crippen LogP contribution in [0.2, 0.25) is 5.15 Å². The van der Waals surface area contributed by atoms with Gasteiger partial charge in [-0.05, 0) is 18.2 Å². The zero-order valence-electron chi connectivity index (χ0n) is 7.09. The molecule has 0 unspecified atom stereocenters. The Morgan fingerprint density at radius 2 is 2.29 bits per heavy atom. The highest BCUT2D eigenvalue weighted by atomic mass is 35.5. The zero-order chi connectivity index (χ0) is 9.97. The molecule has 0 aliphatic carbocycles. The largest absolute Gasteiger partial charge is 0.296 e. The number of hydrogen-bond acceptors (Lipinski definition) is 3. The molecule has 0 radical (unpaired) electrons. The smallest absolute Gasteiger partial charge is 0.168 e. The molecule has 4 nitrogen and oxygen atoms in total. The van der Waals surface area contributed by atoms with Gasteiger partial charge in [0.15, 0.2) is 11.4 Å². The van der Waals surface area contributed by atoms with Gasteiger partial charge in [-0.1, -0.05) is 11.6 Å². The Kier molecular flexibility index (Phi) is 2.28. The zero-order valence-corrected chi connectivity index (χ0v) is 7.85. The minimum absolute atomic E-state index is 0.370. The van der Waals surface area contributed by atoms with Gasteiger partial charge in [-0.2, -0.15) is 5.10 Å². The van der Waals surface area contributed by atoms with Crippen LogP contribution in [0.1, 0.15) is 10.5 Å². The van der Waals surface area contributed by atoms with Crippen molar-refractivity contribution in [2.24, 2.45) is 0 Å². The van der Waals surface area contributed by atoms with Gasteiger partial charge in [0.1, 0.15) is 5.69 Å². The van der Waals surface area contributed by atoms with Crippen molar-refractivity contribution in [1.82, 2.24) is 14.8 Å². The van der Waals surface area contributed by atoms with Crippen molar-refractivity contribution < 1.29 is 4.79 Å². The van der Waals surface area contributed by atoms with Crippen LogP contribution in [-0.4, -0.2) is 21.1 Å². The highest BCUT2D eigenvalue weighted by Gasteiger charge is 2.00. The van der Waals surface area contributed by atoms with Gasteiger partial charge in [-0.3, -0.25) is 9.78 Å². The van der Waals surface area contributed by atoms with Crippen molar-refractivity contribution in [1.29, 1.82) is 0 Å².